The Bertz CT molecular complexity index is 931. The van der Waals surface area contributed by atoms with Crippen molar-refractivity contribution in [2.45, 2.75) is 19.0 Å². The third-order valence-corrected chi connectivity index (χ3v) is 4.51. The summed E-state index contributed by atoms with van der Waals surface area (Å²) in [7, 11) is 0. The summed E-state index contributed by atoms with van der Waals surface area (Å²) in [5, 5.41) is 9.32. The highest BCUT2D eigenvalue weighted by atomic mass is 35.5. The summed E-state index contributed by atoms with van der Waals surface area (Å²) in [5.74, 6) is 2.44. The molecule has 1 N–H and O–H groups in total. The average Bonchev–Trinajstić information content (AvgIpc) is 3.23. The van der Waals surface area contributed by atoms with Gasteiger partial charge >= 0.3 is 0 Å². The van der Waals surface area contributed by atoms with E-state index in [1.165, 1.54) is 17.8 Å². The minimum absolute atomic E-state index is 0.296. The first-order valence-corrected chi connectivity index (χ1v) is 9.33. The van der Waals surface area contributed by atoms with Crippen LogP contribution in [-0.2, 0) is 4.79 Å². The fourth-order valence-corrected chi connectivity index (χ4v) is 3.00. The summed E-state index contributed by atoms with van der Waals surface area (Å²) in [6.07, 6.45) is 3.02. The zero-order chi connectivity index (χ0) is 18.5. The van der Waals surface area contributed by atoms with Gasteiger partial charge in [0.05, 0.1) is 0 Å². The first kappa shape index (κ1) is 18.3. The lowest BCUT2D eigenvalue weighted by Gasteiger charge is -2.07. The lowest BCUT2D eigenvalue weighted by molar-refractivity contribution is -0.112. The van der Waals surface area contributed by atoms with Crippen LogP contribution in [0.25, 0.3) is 17.4 Å². The van der Waals surface area contributed by atoms with Crippen LogP contribution in [0.3, 0.4) is 0 Å². The molecule has 26 heavy (non-hydrogen) atoms. The van der Waals surface area contributed by atoms with Crippen molar-refractivity contribution >= 4 is 35.3 Å². The molecule has 0 aliphatic heterocycles. The number of hydrogen-bond acceptors (Lipinski definition) is 5. The maximum atomic E-state index is 12.2. The highest BCUT2D eigenvalue weighted by molar-refractivity contribution is 7.99. The van der Waals surface area contributed by atoms with Gasteiger partial charge in [-0.3, -0.25) is 10.2 Å². The molecule has 3 rings (SSSR count). The maximum absolute atomic E-state index is 12.2. The van der Waals surface area contributed by atoms with E-state index >= 15 is 0 Å². The molecule has 2 heterocycles. The predicted octanol–water partition coefficient (Wildman–Crippen LogP) is 4.40. The van der Waals surface area contributed by atoms with E-state index in [1.54, 1.807) is 35.9 Å². The molecule has 3 aromatic rings. The Labute approximate surface area is 160 Å². The molecule has 0 radical (unpaired) electrons. The monoisotopic (exact) mass is 388 g/mol. The molecule has 0 atom stereocenters. The van der Waals surface area contributed by atoms with E-state index in [4.69, 9.17) is 16.0 Å². The van der Waals surface area contributed by atoms with Crippen molar-refractivity contribution in [2.75, 3.05) is 11.2 Å². The van der Waals surface area contributed by atoms with Crippen LogP contribution in [0, 0.1) is 6.92 Å². The molecule has 0 aliphatic carbocycles. The van der Waals surface area contributed by atoms with E-state index < -0.39 is 0 Å². The number of furan rings is 1. The second-order valence-electron chi connectivity index (χ2n) is 5.32. The van der Waals surface area contributed by atoms with Gasteiger partial charge in [-0.15, -0.1) is 10.2 Å². The molecular weight excluding hydrogens is 372 g/mol. The Morgan fingerprint density at radius 3 is 2.77 bits per heavy atom. The number of aromatic nitrogens is 3. The van der Waals surface area contributed by atoms with Crippen molar-refractivity contribution in [1.82, 2.24) is 14.9 Å². The molecule has 0 unspecified atom stereocenters. The number of benzene rings is 1. The minimum Gasteiger partial charge on any atom is -0.457 e. The summed E-state index contributed by atoms with van der Waals surface area (Å²) in [4.78, 5) is 12.2. The fraction of sp³-hybridized carbons (Fsp3) is 0.167. The lowest BCUT2D eigenvalue weighted by Crippen LogP contribution is -2.22. The number of thioether (sulfide) groups is 1. The number of nitrogens with one attached hydrogen (secondary N) is 1. The molecule has 1 amide bonds. The van der Waals surface area contributed by atoms with E-state index in [2.05, 4.69) is 15.6 Å². The Morgan fingerprint density at radius 1 is 1.27 bits per heavy atom. The summed E-state index contributed by atoms with van der Waals surface area (Å²) in [6, 6.07) is 11.0. The fourth-order valence-electron chi connectivity index (χ4n) is 2.21. The Balaban J connectivity index is 1.67. The SMILES string of the molecule is CCSc1nnc(C)n1NC(=O)C=Cc1ccc(-c2ccc(Cl)cc2)o1. The number of amides is 1. The smallest absolute Gasteiger partial charge is 0.263 e. The van der Waals surface area contributed by atoms with E-state index in [9.17, 15) is 4.79 Å². The molecule has 0 spiro atoms. The normalized spacial score (nSPS) is 11.2. The summed E-state index contributed by atoms with van der Waals surface area (Å²) >= 11 is 7.39. The quantitative estimate of drug-likeness (QED) is 0.500. The van der Waals surface area contributed by atoms with Crippen LogP contribution in [0.4, 0.5) is 0 Å². The van der Waals surface area contributed by atoms with Gasteiger partial charge < -0.3 is 4.42 Å². The minimum atomic E-state index is -0.296. The van der Waals surface area contributed by atoms with Gasteiger partial charge in [-0.1, -0.05) is 30.3 Å². The molecule has 0 fully saturated rings. The number of aryl methyl sites for hydroxylation is 1. The van der Waals surface area contributed by atoms with Crippen LogP contribution >= 0.6 is 23.4 Å². The zero-order valence-corrected chi connectivity index (χ0v) is 15.8. The summed E-state index contributed by atoms with van der Waals surface area (Å²) in [5.41, 5.74) is 3.66. The molecular formula is C18H17ClN4O2S. The van der Waals surface area contributed by atoms with Gasteiger partial charge in [-0.05, 0) is 55.2 Å². The largest absolute Gasteiger partial charge is 0.457 e. The molecule has 6 nitrogen and oxygen atoms in total. The van der Waals surface area contributed by atoms with E-state index in [-0.39, 0.29) is 5.91 Å². The van der Waals surface area contributed by atoms with Gasteiger partial charge in [0.1, 0.15) is 17.3 Å². The van der Waals surface area contributed by atoms with Crippen molar-refractivity contribution in [3.63, 3.8) is 0 Å². The molecule has 0 bridgehead atoms. The number of carbonyl (C=O) groups is 1. The molecule has 1 aromatic carbocycles. The first-order chi connectivity index (χ1) is 12.6. The van der Waals surface area contributed by atoms with Gasteiger partial charge in [0.2, 0.25) is 5.16 Å². The van der Waals surface area contributed by atoms with Gasteiger partial charge in [-0.2, -0.15) is 0 Å². The van der Waals surface area contributed by atoms with Crippen LogP contribution in [0.15, 0.2) is 52.0 Å². The van der Waals surface area contributed by atoms with Crippen LogP contribution in [0.1, 0.15) is 18.5 Å². The number of rotatable bonds is 6. The van der Waals surface area contributed by atoms with Crippen molar-refractivity contribution < 1.29 is 9.21 Å². The lowest BCUT2D eigenvalue weighted by atomic mass is 10.2. The summed E-state index contributed by atoms with van der Waals surface area (Å²) < 4.78 is 7.31. The van der Waals surface area contributed by atoms with Gasteiger partial charge in [0.25, 0.3) is 5.91 Å². The van der Waals surface area contributed by atoms with Gasteiger partial charge in [0, 0.05) is 16.7 Å². The van der Waals surface area contributed by atoms with Crippen LogP contribution in [0.2, 0.25) is 5.02 Å². The van der Waals surface area contributed by atoms with Gasteiger partial charge in [0.15, 0.2) is 0 Å². The Morgan fingerprint density at radius 2 is 2.04 bits per heavy atom. The number of nitrogens with zero attached hydrogens (tertiary/aromatic N) is 3. The Hall–Kier alpha value is -2.51. The second kappa shape index (κ2) is 8.25. The molecule has 0 saturated heterocycles. The van der Waals surface area contributed by atoms with Gasteiger partial charge in [-0.25, -0.2) is 4.68 Å². The average molecular weight is 389 g/mol. The van der Waals surface area contributed by atoms with Crippen LogP contribution in [-0.4, -0.2) is 26.5 Å². The third-order valence-electron chi connectivity index (χ3n) is 3.45. The van der Waals surface area contributed by atoms with Crippen LogP contribution in [0.5, 0.6) is 0 Å². The molecule has 0 aliphatic rings. The van der Waals surface area contributed by atoms with Crippen molar-refractivity contribution in [1.29, 1.82) is 0 Å². The Kier molecular flexibility index (Phi) is 5.80. The molecule has 134 valence electrons. The van der Waals surface area contributed by atoms with Crippen molar-refractivity contribution in [3.05, 3.63) is 59.1 Å². The predicted molar refractivity (Wildman–Crippen MR) is 104 cm³/mol. The van der Waals surface area contributed by atoms with E-state index in [0.29, 0.717) is 27.5 Å². The maximum Gasteiger partial charge on any atom is 0.263 e. The number of hydrogen-bond donors (Lipinski definition) is 1. The van der Waals surface area contributed by atoms with E-state index in [0.717, 1.165) is 11.3 Å². The second-order valence-corrected chi connectivity index (χ2v) is 6.98. The topological polar surface area (TPSA) is 73.0 Å². The molecule has 0 saturated carbocycles. The molecule has 8 heteroatoms. The zero-order valence-electron chi connectivity index (χ0n) is 14.3. The highest BCUT2D eigenvalue weighted by Crippen LogP contribution is 2.24. The highest BCUT2D eigenvalue weighted by Gasteiger charge is 2.10. The summed E-state index contributed by atoms with van der Waals surface area (Å²) in [6.45, 7) is 3.79. The van der Waals surface area contributed by atoms with Crippen LogP contribution < -0.4 is 5.43 Å². The standard InChI is InChI=1S/C18H17ClN4O2S/c1-3-26-18-21-20-12(2)23(18)22-17(24)11-9-15-8-10-16(25-15)13-4-6-14(19)7-5-13/h4-11H,3H2,1-2H3,(H,22,24). The van der Waals surface area contributed by atoms with Crippen molar-refractivity contribution in [2.24, 2.45) is 0 Å². The third kappa shape index (κ3) is 4.36. The van der Waals surface area contributed by atoms with E-state index in [1.807, 2.05) is 25.1 Å². The number of halogens is 1. The van der Waals surface area contributed by atoms with Crippen molar-refractivity contribution in [3.8, 4) is 11.3 Å². The molecule has 2 aromatic heterocycles. The first-order valence-electron chi connectivity index (χ1n) is 7.96. The number of carbonyl (C=O) groups excluding carboxylic acids is 1.